The van der Waals surface area contributed by atoms with Crippen LogP contribution >= 0.6 is 11.3 Å². The highest BCUT2D eigenvalue weighted by molar-refractivity contribution is 7.22. The van der Waals surface area contributed by atoms with Crippen molar-refractivity contribution in [1.82, 2.24) is 9.97 Å². The summed E-state index contributed by atoms with van der Waals surface area (Å²) in [4.78, 5) is 24.6. The molecule has 0 radical (unpaired) electrons. The van der Waals surface area contributed by atoms with Crippen molar-refractivity contribution in [3.8, 4) is 5.75 Å². The number of pyridine rings is 1. The number of ether oxygens (including phenoxy) is 1. The first-order valence-corrected chi connectivity index (χ1v) is 11.7. The highest BCUT2D eigenvalue weighted by Gasteiger charge is 2.23. The van der Waals surface area contributed by atoms with Crippen LogP contribution in [0.5, 0.6) is 5.75 Å². The zero-order valence-electron chi connectivity index (χ0n) is 18.7. The van der Waals surface area contributed by atoms with Crippen LogP contribution in [0.25, 0.3) is 10.2 Å². The average molecular weight is 446 g/mol. The summed E-state index contributed by atoms with van der Waals surface area (Å²) in [5, 5.41) is 0.674. The fourth-order valence-corrected chi connectivity index (χ4v) is 4.42. The zero-order valence-corrected chi connectivity index (χ0v) is 19.5. The molecule has 164 valence electrons. The van der Waals surface area contributed by atoms with E-state index in [-0.39, 0.29) is 5.91 Å². The minimum atomic E-state index is -0.107. The van der Waals surface area contributed by atoms with E-state index in [0.717, 1.165) is 40.1 Å². The molecule has 4 rings (SSSR count). The maximum absolute atomic E-state index is 13.6. The number of nitrogens with zero attached hydrogens (tertiary/aromatic N) is 3. The number of rotatable bonds is 8. The number of carbonyl (C=O) groups is 1. The van der Waals surface area contributed by atoms with Crippen LogP contribution in [0.2, 0.25) is 0 Å². The van der Waals surface area contributed by atoms with Crippen molar-refractivity contribution in [1.29, 1.82) is 0 Å². The predicted octanol–water partition coefficient (Wildman–Crippen LogP) is 6.33. The number of aryl methyl sites for hydroxylation is 2. The number of aromatic nitrogens is 2. The highest BCUT2D eigenvalue weighted by atomic mass is 32.1. The van der Waals surface area contributed by atoms with Crippen LogP contribution in [0.3, 0.4) is 0 Å². The Balaban J connectivity index is 1.66. The van der Waals surface area contributed by atoms with Crippen molar-refractivity contribution in [3.63, 3.8) is 0 Å². The van der Waals surface area contributed by atoms with E-state index < -0.39 is 0 Å². The number of fused-ring (bicyclic) bond motifs is 1. The standard InChI is InChI=1S/C26H27N3O2S/c1-4-5-16-31-22-12-10-20(11-13-22)25(30)29(17-21-8-6-7-15-27-21)26-28-24-19(3)18(2)9-14-23(24)32-26/h6-15H,4-5,16-17H2,1-3H3. The smallest absolute Gasteiger partial charge is 0.260 e. The Bertz CT molecular complexity index is 1200. The maximum atomic E-state index is 13.6. The molecule has 0 unspecified atom stereocenters. The molecule has 0 N–H and O–H groups in total. The minimum Gasteiger partial charge on any atom is -0.494 e. The third kappa shape index (κ3) is 4.81. The van der Waals surface area contributed by atoms with Crippen LogP contribution in [0, 0.1) is 13.8 Å². The zero-order chi connectivity index (χ0) is 22.5. The maximum Gasteiger partial charge on any atom is 0.260 e. The second kappa shape index (κ2) is 9.92. The number of hydrogen-bond acceptors (Lipinski definition) is 5. The quantitative estimate of drug-likeness (QED) is 0.297. The van der Waals surface area contributed by atoms with E-state index in [1.165, 1.54) is 16.9 Å². The fourth-order valence-electron chi connectivity index (χ4n) is 3.39. The molecule has 32 heavy (non-hydrogen) atoms. The number of unbranched alkanes of at least 4 members (excludes halogenated alkanes) is 1. The molecule has 0 fully saturated rings. The van der Waals surface area contributed by atoms with Gasteiger partial charge in [0.2, 0.25) is 0 Å². The fraction of sp³-hybridized carbons (Fsp3) is 0.269. The Morgan fingerprint density at radius 1 is 1.06 bits per heavy atom. The molecule has 6 heteroatoms. The van der Waals surface area contributed by atoms with Crippen LogP contribution in [-0.2, 0) is 6.54 Å². The lowest BCUT2D eigenvalue weighted by Crippen LogP contribution is -2.30. The van der Waals surface area contributed by atoms with Crippen molar-refractivity contribution < 1.29 is 9.53 Å². The Labute approximate surface area is 192 Å². The van der Waals surface area contributed by atoms with Gasteiger partial charge in [-0.3, -0.25) is 14.7 Å². The lowest BCUT2D eigenvalue weighted by Gasteiger charge is -2.20. The monoisotopic (exact) mass is 445 g/mol. The van der Waals surface area contributed by atoms with E-state index in [9.17, 15) is 4.79 Å². The van der Waals surface area contributed by atoms with E-state index in [4.69, 9.17) is 9.72 Å². The first kappa shape index (κ1) is 22.0. The first-order valence-electron chi connectivity index (χ1n) is 10.9. The van der Waals surface area contributed by atoms with Gasteiger partial charge >= 0.3 is 0 Å². The molecule has 2 aromatic carbocycles. The van der Waals surface area contributed by atoms with Gasteiger partial charge in [-0.05, 0) is 73.9 Å². The van der Waals surface area contributed by atoms with Crippen LogP contribution in [-0.4, -0.2) is 22.5 Å². The van der Waals surface area contributed by atoms with Gasteiger partial charge < -0.3 is 4.74 Å². The van der Waals surface area contributed by atoms with Gasteiger partial charge in [0, 0.05) is 11.8 Å². The van der Waals surface area contributed by atoms with Gasteiger partial charge in [0.1, 0.15) is 5.75 Å². The van der Waals surface area contributed by atoms with E-state index in [2.05, 4.69) is 37.9 Å². The Morgan fingerprint density at radius 2 is 1.88 bits per heavy atom. The molecule has 1 amide bonds. The Hall–Kier alpha value is -3.25. The number of anilines is 1. The van der Waals surface area contributed by atoms with Crippen molar-refractivity contribution in [2.45, 2.75) is 40.2 Å². The summed E-state index contributed by atoms with van der Waals surface area (Å²) < 4.78 is 6.81. The Kier molecular flexibility index (Phi) is 6.81. The molecule has 2 aromatic heterocycles. The summed E-state index contributed by atoms with van der Waals surface area (Å²) in [6.45, 7) is 7.32. The topological polar surface area (TPSA) is 55.3 Å². The molecule has 4 aromatic rings. The normalized spacial score (nSPS) is 11.0. The molecule has 2 heterocycles. The molecule has 5 nitrogen and oxygen atoms in total. The summed E-state index contributed by atoms with van der Waals surface area (Å²) in [6.07, 6.45) is 3.83. The molecule has 0 aliphatic carbocycles. The van der Waals surface area contributed by atoms with Gasteiger partial charge in [-0.25, -0.2) is 4.98 Å². The van der Waals surface area contributed by atoms with Crippen LogP contribution in [0.4, 0.5) is 5.13 Å². The van der Waals surface area contributed by atoms with E-state index in [0.29, 0.717) is 23.8 Å². The largest absolute Gasteiger partial charge is 0.494 e. The third-order valence-corrected chi connectivity index (χ3v) is 6.51. The van der Waals surface area contributed by atoms with Gasteiger partial charge in [0.25, 0.3) is 5.91 Å². The Morgan fingerprint density at radius 3 is 2.59 bits per heavy atom. The average Bonchev–Trinajstić information content (AvgIpc) is 3.26. The third-order valence-electron chi connectivity index (χ3n) is 5.46. The first-order chi connectivity index (χ1) is 15.6. The second-order valence-electron chi connectivity index (χ2n) is 7.79. The van der Waals surface area contributed by atoms with Crippen molar-refractivity contribution >= 4 is 32.6 Å². The lowest BCUT2D eigenvalue weighted by atomic mass is 10.1. The summed E-state index contributed by atoms with van der Waals surface area (Å²) in [5.41, 5.74) is 4.69. The van der Waals surface area contributed by atoms with Crippen LogP contribution in [0.1, 0.15) is 46.9 Å². The number of amides is 1. The molecule has 0 saturated heterocycles. The summed E-state index contributed by atoms with van der Waals surface area (Å²) in [5.74, 6) is 0.668. The van der Waals surface area contributed by atoms with Crippen LogP contribution < -0.4 is 9.64 Å². The van der Waals surface area contributed by atoms with Gasteiger partial charge in [-0.1, -0.05) is 36.8 Å². The van der Waals surface area contributed by atoms with Crippen molar-refractivity contribution in [2.75, 3.05) is 11.5 Å². The van der Waals surface area contributed by atoms with Gasteiger partial charge in [0.15, 0.2) is 5.13 Å². The molecular formula is C26H27N3O2S. The van der Waals surface area contributed by atoms with Crippen LogP contribution in [0.15, 0.2) is 60.8 Å². The van der Waals surface area contributed by atoms with Crippen molar-refractivity contribution in [3.05, 3.63) is 83.2 Å². The minimum absolute atomic E-state index is 0.107. The SMILES string of the molecule is CCCCOc1ccc(C(=O)N(Cc2ccccn2)c2nc3c(C)c(C)ccc3s2)cc1. The van der Waals surface area contributed by atoms with E-state index in [1.54, 1.807) is 11.1 Å². The molecular weight excluding hydrogens is 418 g/mol. The van der Waals surface area contributed by atoms with Gasteiger partial charge in [-0.15, -0.1) is 0 Å². The lowest BCUT2D eigenvalue weighted by molar-refractivity contribution is 0.0985. The van der Waals surface area contributed by atoms with Gasteiger partial charge in [-0.2, -0.15) is 0 Å². The van der Waals surface area contributed by atoms with Gasteiger partial charge in [0.05, 0.1) is 29.1 Å². The summed E-state index contributed by atoms with van der Waals surface area (Å²) in [6, 6.07) is 17.2. The number of thiazole rings is 1. The number of benzene rings is 2. The van der Waals surface area contributed by atoms with Crippen molar-refractivity contribution in [2.24, 2.45) is 0 Å². The summed E-state index contributed by atoms with van der Waals surface area (Å²) >= 11 is 1.53. The number of hydrogen-bond donors (Lipinski definition) is 0. The molecule has 0 spiro atoms. The molecule has 0 saturated carbocycles. The van der Waals surface area contributed by atoms with E-state index >= 15 is 0 Å². The molecule has 0 atom stereocenters. The second-order valence-corrected chi connectivity index (χ2v) is 8.80. The number of carbonyl (C=O) groups excluding carboxylic acids is 1. The molecule has 0 bridgehead atoms. The predicted molar refractivity (Wildman–Crippen MR) is 131 cm³/mol. The molecule has 0 aliphatic rings. The highest BCUT2D eigenvalue weighted by Crippen LogP contribution is 2.33. The summed E-state index contributed by atoms with van der Waals surface area (Å²) in [7, 11) is 0. The molecule has 0 aliphatic heterocycles. The van der Waals surface area contributed by atoms with E-state index in [1.807, 2.05) is 42.5 Å².